The fourth-order valence-corrected chi connectivity index (χ4v) is 2.16. The van der Waals surface area contributed by atoms with Crippen LogP contribution in [0.25, 0.3) is 0 Å². The first kappa shape index (κ1) is 16.2. The Morgan fingerprint density at radius 3 is 2.84 bits per heavy atom. The Morgan fingerprint density at radius 2 is 2.08 bits per heavy atom. The van der Waals surface area contributed by atoms with Crippen LogP contribution in [0.4, 0.5) is 5.69 Å². The van der Waals surface area contributed by atoms with Gasteiger partial charge in [0.2, 0.25) is 6.10 Å². The van der Waals surface area contributed by atoms with Crippen molar-refractivity contribution in [2.45, 2.75) is 6.10 Å². The SMILES string of the molecule is O=C(N/N=C\c1ccc(O)c([N+](=O)[O-])c1)[C@H]1COc2ccccc2O1. The molecule has 0 aliphatic carbocycles. The van der Waals surface area contributed by atoms with Gasteiger partial charge in [-0.05, 0) is 24.3 Å². The lowest BCUT2D eigenvalue weighted by molar-refractivity contribution is -0.385. The van der Waals surface area contributed by atoms with Crippen molar-refractivity contribution in [3.05, 3.63) is 58.1 Å². The molecule has 1 heterocycles. The van der Waals surface area contributed by atoms with Gasteiger partial charge in [-0.2, -0.15) is 5.10 Å². The molecule has 2 aromatic carbocycles. The van der Waals surface area contributed by atoms with Crippen LogP contribution in [-0.2, 0) is 4.79 Å². The maximum Gasteiger partial charge on any atom is 0.311 e. The number of nitro groups is 1. The predicted octanol–water partition coefficient (Wildman–Crippen LogP) is 1.59. The molecule has 25 heavy (non-hydrogen) atoms. The van der Waals surface area contributed by atoms with Crippen LogP contribution in [0, 0.1) is 10.1 Å². The monoisotopic (exact) mass is 343 g/mol. The first-order chi connectivity index (χ1) is 12.0. The number of ether oxygens (including phenoxy) is 2. The Hall–Kier alpha value is -3.62. The van der Waals surface area contributed by atoms with Gasteiger partial charge < -0.3 is 14.6 Å². The van der Waals surface area contributed by atoms with Gasteiger partial charge in [0.15, 0.2) is 17.2 Å². The number of hydrogen-bond acceptors (Lipinski definition) is 7. The highest BCUT2D eigenvalue weighted by molar-refractivity contribution is 5.85. The van der Waals surface area contributed by atoms with Crippen molar-refractivity contribution >= 4 is 17.8 Å². The second-order valence-electron chi connectivity index (χ2n) is 5.10. The molecule has 1 atom stereocenters. The van der Waals surface area contributed by atoms with Gasteiger partial charge in [-0.1, -0.05) is 12.1 Å². The third kappa shape index (κ3) is 3.66. The molecule has 0 fully saturated rings. The molecule has 0 unspecified atom stereocenters. The first-order valence-electron chi connectivity index (χ1n) is 7.23. The Morgan fingerprint density at radius 1 is 1.32 bits per heavy atom. The number of nitrogens with one attached hydrogen (secondary N) is 1. The number of phenols is 1. The van der Waals surface area contributed by atoms with Crippen molar-refractivity contribution in [2.75, 3.05) is 6.61 Å². The van der Waals surface area contributed by atoms with E-state index in [2.05, 4.69) is 10.5 Å². The summed E-state index contributed by atoms with van der Waals surface area (Å²) in [5, 5.41) is 23.9. The second-order valence-corrected chi connectivity index (χ2v) is 5.10. The van der Waals surface area contributed by atoms with E-state index in [0.29, 0.717) is 17.1 Å². The quantitative estimate of drug-likeness (QED) is 0.494. The molecule has 9 heteroatoms. The molecule has 9 nitrogen and oxygen atoms in total. The standard InChI is InChI=1S/C16H13N3O6/c20-12-6-5-10(7-11(12)19(22)23)8-17-18-16(21)15-9-24-13-3-1-2-4-14(13)25-15/h1-8,15,20H,9H2,(H,18,21)/b17-8-/t15-/m1/s1. The van der Waals surface area contributed by atoms with Crippen LogP contribution in [-0.4, -0.2) is 34.9 Å². The van der Waals surface area contributed by atoms with Crippen LogP contribution >= 0.6 is 0 Å². The topological polar surface area (TPSA) is 123 Å². The maximum absolute atomic E-state index is 12.0. The Kier molecular flexibility index (Phi) is 4.46. The average molecular weight is 343 g/mol. The number of phenolic OH excluding ortho intramolecular Hbond substituents is 1. The number of amides is 1. The van der Waals surface area contributed by atoms with E-state index in [4.69, 9.17) is 9.47 Å². The largest absolute Gasteiger partial charge is 0.502 e. The maximum atomic E-state index is 12.0. The van der Waals surface area contributed by atoms with E-state index >= 15 is 0 Å². The summed E-state index contributed by atoms with van der Waals surface area (Å²) in [4.78, 5) is 22.1. The van der Waals surface area contributed by atoms with Gasteiger partial charge in [0.05, 0.1) is 11.1 Å². The van der Waals surface area contributed by atoms with Crippen molar-refractivity contribution in [3.63, 3.8) is 0 Å². The molecular formula is C16H13N3O6. The Labute approximate surface area is 141 Å². The molecule has 1 amide bonds. The average Bonchev–Trinajstić information content (AvgIpc) is 2.62. The Balaban J connectivity index is 1.62. The summed E-state index contributed by atoms with van der Waals surface area (Å²) in [7, 11) is 0. The van der Waals surface area contributed by atoms with Crippen molar-refractivity contribution in [1.82, 2.24) is 5.43 Å². The minimum atomic E-state index is -0.860. The zero-order valence-corrected chi connectivity index (χ0v) is 12.8. The molecule has 1 aliphatic rings. The number of fused-ring (bicyclic) bond motifs is 1. The van der Waals surface area contributed by atoms with E-state index in [1.54, 1.807) is 24.3 Å². The molecule has 0 spiro atoms. The van der Waals surface area contributed by atoms with Gasteiger partial charge in [-0.3, -0.25) is 14.9 Å². The lowest BCUT2D eigenvalue weighted by Gasteiger charge is -2.24. The molecule has 0 bridgehead atoms. The summed E-state index contributed by atoms with van der Waals surface area (Å²) in [6, 6.07) is 10.7. The lowest BCUT2D eigenvalue weighted by Crippen LogP contribution is -2.42. The van der Waals surface area contributed by atoms with Crippen LogP contribution in [0.15, 0.2) is 47.6 Å². The zero-order chi connectivity index (χ0) is 17.8. The molecule has 1 aliphatic heterocycles. The molecule has 0 aromatic heterocycles. The highest BCUT2D eigenvalue weighted by Crippen LogP contribution is 2.30. The van der Waals surface area contributed by atoms with E-state index in [1.807, 2.05) is 0 Å². The third-order valence-electron chi connectivity index (χ3n) is 3.39. The van der Waals surface area contributed by atoms with Crippen molar-refractivity contribution in [1.29, 1.82) is 0 Å². The summed E-state index contributed by atoms with van der Waals surface area (Å²) in [5.41, 5.74) is 2.18. The number of rotatable bonds is 4. The highest BCUT2D eigenvalue weighted by atomic mass is 16.6. The molecular weight excluding hydrogens is 330 g/mol. The molecule has 3 rings (SSSR count). The molecule has 0 saturated heterocycles. The molecule has 0 saturated carbocycles. The van der Waals surface area contributed by atoms with Gasteiger partial charge in [0, 0.05) is 11.6 Å². The van der Waals surface area contributed by atoms with Gasteiger partial charge in [0.1, 0.15) is 6.61 Å². The Bertz CT molecular complexity index is 852. The third-order valence-corrected chi connectivity index (χ3v) is 3.39. The molecule has 2 N–H and O–H groups in total. The fourth-order valence-electron chi connectivity index (χ4n) is 2.16. The number of aromatic hydroxyl groups is 1. The zero-order valence-electron chi connectivity index (χ0n) is 12.8. The number of hydrogen-bond donors (Lipinski definition) is 2. The van der Waals surface area contributed by atoms with E-state index in [-0.39, 0.29) is 6.61 Å². The van der Waals surface area contributed by atoms with E-state index < -0.39 is 28.4 Å². The summed E-state index contributed by atoms with van der Waals surface area (Å²) in [6.45, 7) is 0.0447. The number of nitro benzene ring substituents is 1. The van der Waals surface area contributed by atoms with Gasteiger partial charge >= 0.3 is 5.69 Å². The van der Waals surface area contributed by atoms with Crippen LogP contribution in [0.2, 0.25) is 0 Å². The summed E-state index contributed by atoms with van der Waals surface area (Å²) >= 11 is 0. The number of carbonyl (C=O) groups excluding carboxylic acids is 1. The summed E-state index contributed by atoms with van der Waals surface area (Å²) < 4.78 is 11.0. The minimum Gasteiger partial charge on any atom is -0.502 e. The highest BCUT2D eigenvalue weighted by Gasteiger charge is 2.27. The number of nitrogens with zero attached hydrogens (tertiary/aromatic N) is 2. The van der Waals surface area contributed by atoms with Crippen LogP contribution in [0.5, 0.6) is 17.2 Å². The van der Waals surface area contributed by atoms with E-state index in [0.717, 1.165) is 6.07 Å². The second kappa shape index (κ2) is 6.87. The van der Waals surface area contributed by atoms with Gasteiger partial charge in [-0.15, -0.1) is 0 Å². The van der Waals surface area contributed by atoms with Crippen molar-refractivity contribution < 1.29 is 24.3 Å². The molecule has 128 valence electrons. The molecule has 0 radical (unpaired) electrons. The summed E-state index contributed by atoms with van der Waals surface area (Å²) in [5.74, 6) is 0.0649. The van der Waals surface area contributed by atoms with E-state index in [9.17, 15) is 20.0 Å². The van der Waals surface area contributed by atoms with Crippen molar-refractivity contribution in [2.24, 2.45) is 5.10 Å². The number of hydrazone groups is 1. The minimum absolute atomic E-state index is 0.0447. The number of para-hydroxylation sites is 2. The lowest BCUT2D eigenvalue weighted by atomic mass is 10.2. The smallest absolute Gasteiger partial charge is 0.311 e. The fraction of sp³-hybridized carbons (Fsp3) is 0.125. The van der Waals surface area contributed by atoms with E-state index in [1.165, 1.54) is 18.3 Å². The van der Waals surface area contributed by atoms with Gasteiger partial charge in [0.25, 0.3) is 5.91 Å². The number of benzene rings is 2. The van der Waals surface area contributed by atoms with Crippen LogP contribution < -0.4 is 14.9 Å². The predicted molar refractivity (Wildman–Crippen MR) is 86.9 cm³/mol. The number of carbonyl (C=O) groups is 1. The summed E-state index contributed by atoms with van der Waals surface area (Å²) in [6.07, 6.45) is 0.364. The molecule has 2 aromatic rings. The van der Waals surface area contributed by atoms with Crippen molar-refractivity contribution in [3.8, 4) is 17.2 Å². The first-order valence-corrected chi connectivity index (χ1v) is 7.23. The van der Waals surface area contributed by atoms with Crippen LogP contribution in [0.3, 0.4) is 0 Å². The van der Waals surface area contributed by atoms with Gasteiger partial charge in [-0.25, -0.2) is 5.43 Å². The van der Waals surface area contributed by atoms with Crippen LogP contribution in [0.1, 0.15) is 5.56 Å². The normalized spacial score (nSPS) is 15.8.